The van der Waals surface area contributed by atoms with Gasteiger partial charge in [-0.05, 0) is 173 Å². The van der Waals surface area contributed by atoms with Gasteiger partial charge in [-0.25, -0.2) is 84.7 Å². The van der Waals surface area contributed by atoms with E-state index in [1.165, 1.54) is 19.0 Å². The molecule has 24 aromatic rings. The lowest BCUT2D eigenvalue weighted by Crippen LogP contribution is -2.25. The molecule has 35 nitrogen and oxygen atoms in total. The van der Waals surface area contributed by atoms with Crippen molar-refractivity contribution >= 4 is 174 Å². The van der Waals surface area contributed by atoms with Crippen LogP contribution in [0.15, 0.2) is 319 Å². The zero-order valence-electron chi connectivity index (χ0n) is 80.0. The summed E-state index contributed by atoms with van der Waals surface area (Å²) in [4.78, 5) is 131. The zero-order chi connectivity index (χ0) is 101. The van der Waals surface area contributed by atoms with E-state index in [1.54, 1.807) is 99.3 Å². The number of halogens is 4. The van der Waals surface area contributed by atoms with Gasteiger partial charge in [0.2, 0.25) is 0 Å². The maximum Gasteiger partial charge on any atom is 0.264 e. The van der Waals surface area contributed by atoms with Crippen LogP contribution in [0.3, 0.4) is 0 Å². The zero-order valence-corrected chi connectivity index (χ0v) is 83.0. The molecular weight excluding hydrogens is 1930 g/mol. The summed E-state index contributed by atoms with van der Waals surface area (Å²) in [6, 6.07) is 68.8. The van der Waals surface area contributed by atoms with Gasteiger partial charge < -0.3 is 49.9 Å². The number of imidazole rings is 6. The molecule has 0 aliphatic rings. The number of pyridine rings is 5. The molecule has 0 aliphatic carbocycles. The fraction of sp³-hybridized carbons (Fsp3) is 0.150. The first-order valence-electron chi connectivity index (χ1n) is 45.7. The number of anilines is 3. The van der Waals surface area contributed by atoms with Crippen molar-refractivity contribution in [1.29, 1.82) is 0 Å². The topological polar surface area (TPSA) is 421 Å². The first-order chi connectivity index (χ1) is 70.3. The van der Waals surface area contributed by atoms with Crippen LogP contribution in [-0.4, -0.2) is 131 Å². The van der Waals surface area contributed by atoms with Crippen LogP contribution < -0.4 is 43.9 Å². The van der Waals surface area contributed by atoms with Crippen molar-refractivity contribution in [3.05, 3.63) is 402 Å². The molecule has 732 valence electrons. The van der Waals surface area contributed by atoms with Crippen molar-refractivity contribution in [1.82, 2.24) is 131 Å². The quantitative estimate of drug-likeness (QED) is 0.0589. The molecule has 7 N–H and O–H groups in total. The highest BCUT2D eigenvalue weighted by molar-refractivity contribution is 6.37. The summed E-state index contributed by atoms with van der Waals surface area (Å²) in [6.45, 7) is 13.6. The van der Waals surface area contributed by atoms with E-state index in [0.717, 1.165) is 140 Å². The van der Waals surface area contributed by atoms with E-state index < -0.39 is 0 Å². The molecule has 0 aliphatic heterocycles. The van der Waals surface area contributed by atoms with Gasteiger partial charge in [0.25, 0.3) is 22.2 Å². The van der Waals surface area contributed by atoms with Gasteiger partial charge in [0.15, 0.2) is 45.7 Å². The number of aryl methyl sites for hydroxylation is 7. The Hall–Kier alpha value is -17.5. The fourth-order valence-electron chi connectivity index (χ4n) is 16.9. The van der Waals surface area contributed by atoms with Crippen LogP contribution in [0, 0.1) is 20.8 Å². The van der Waals surface area contributed by atoms with Crippen molar-refractivity contribution in [2.75, 3.05) is 16.0 Å². The number of para-hydroxylation sites is 4. The van der Waals surface area contributed by atoms with Crippen molar-refractivity contribution in [2.24, 2.45) is 33.9 Å². The molecule has 0 unspecified atom stereocenters. The number of H-pyrrole nitrogens is 2. The summed E-state index contributed by atoms with van der Waals surface area (Å²) in [6.07, 6.45) is 19.5. The van der Waals surface area contributed by atoms with Crippen LogP contribution in [-0.2, 0) is 28.2 Å². The number of fused-ring (bicyclic) bond motifs is 10. The predicted octanol–water partition coefficient (Wildman–Crippen LogP) is 20.4. The second kappa shape index (κ2) is 43.9. The minimum atomic E-state index is -0.263. The lowest BCUT2D eigenvalue weighted by molar-refractivity contribution is 0.734. The van der Waals surface area contributed by atoms with Crippen LogP contribution in [0.25, 0.3) is 133 Å². The van der Waals surface area contributed by atoms with E-state index in [4.69, 9.17) is 52.1 Å². The van der Waals surface area contributed by atoms with E-state index in [-0.39, 0.29) is 53.8 Å². The van der Waals surface area contributed by atoms with Crippen LogP contribution in [0.2, 0.25) is 20.1 Å². The molecule has 0 saturated carbocycles. The van der Waals surface area contributed by atoms with Crippen molar-refractivity contribution in [3.8, 4) is 22.7 Å². The van der Waals surface area contributed by atoms with Gasteiger partial charge in [-0.2, -0.15) is 0 Å². The van der Waals surface area contributed by atoms with E-state index in [2.05, 4.69) is 111 Å². The molecule has 0 fully saturated rings. The van der Waals surface area contributed by atoms with E-state index in [0.29, 0.717) is 70.1 Å². The Labute approximate surface area is 853 Å². The number of aromatic amines is 2. The van der Waals surface area contributed by atoms with Gasteiger partial charge in [0.05, 0.1) is 120 Å². The molecule has 146 heavy (non-hydrogen) atoms. The number of nitrogens with one attached hydrogen (secondary N) is 5. The molecule has 4 atom stereocenters. The number of rotatable bonds is 14. The number of nitrogens with zero attached hydrogens (tertiary/aromatic N) is 25. The second-order valence-electron chi connectivity index (χ2n) is 33.9. The second-order valence-corrected chi connectivity index (χ2v) is 35.5. The summed E-state index contributed by atoms with van der Waals surface area (Å²) in [5.74, 6) is 1.87. The lowest BCUT2D eigenvalue weighted by atomic mass is 10.1. The molecule has 0 saturated heterocycles. The first-order valence-corrected chi connectivity index (χ1v) is 47.2. The Morgan fingerprint density at radius 1 is 0.308 bits per heavy atom. The summed E-state index contributed by atoms with van der Waals surface area (Å²) in [5, 5.41) is 17.2. The van der Waals surface area contributed by atoms with E-state index in [9.17, 15) is 19.2 Å². The third-order valence-electron chi connectivity index (χ3n) is 24.1. The standard InChI is InChI=1S/2C23H19ClN6O.C23H18ClN5O.C17H15ClN2O.2C7H8N4.C6H6N4.CH4/c2*1-14(28-21-20-22(26-12-25-21)29(2)13-27-20)18-11-15-7-6-10-17(24)19(15)23(31)30(18)16-8-4-3-5-9-16;1-14(28-22-21-18(10-11-25-22)26-13-27-21)19-12-15-6-5-9-17(24)20(15)23(30)29(19)16-7-3-2-4-8-16;1-11(19)15-10-12-6-5-9-14(18)16(12)17(21)20(15)13-7-3-2-4-8-13;2*1-5-6-7(9-3-8-5)11(2)4-10-6;1-4-5-6(9-2-7-4)10-3-8-5;/h2*3-14H,1-2H3,(H,25,26,28);2-14H,1H3,(H,25,28)(H,26,27);2-11H,19H2,1H3;2*3-4H,1-2H3;2-3H,1H3,(H,7,8,9,10);1H4/t3*14-;11-;;;;/m0000..../s1. The van der Waals surface area contributed by atoms with Gasteiger partial charge in [0.1, 0.15) is 64.7 Å². The molecule has 16 heterocycles. The molecule has 0 spiro atoms. The molecule has 0 radical (unpaired) electrons. The third-order valence-corrected chi connectivity index (χ3v) is 25.4. The first kappa shape index (κ1) is 100. The number of aromatic nitrogens is 27. The maximum absolute atomic E-state index is 13.6. The van der Waals surface area contributed by atoms with E-state index >= 15 is 0 Å². The summed E-state index contributed by atoms with van der Waals surface area (Å²) < 4.78 is 14.2. The minimum absolute atomic E-state index is 0. The van der Waals surface area contributed by atoms with Gasteiger partial charge in [-0.15, -0.1) is 0 Å². The monoisotopic (exact) mass is 2020 g/mol. The van der Waals surface area contributed by atoms with E-state index in [1.807, 2.05) is 295 Å². The Balaban J connectivity index is 0.000000121. The van der Waals surface area contributed by atoms with Gasteiger partial charge in [-0.1, -0.05) is 175 Å². The number of nitrogens with two attached hydrogens (primary N) is 1. The van der Waals surface area contributed by atoms with Crippen LogP contribution in [0.4, 0.5) is 17.5 Å². The molecule has 16 aromatic heterocycles. The predicted molar refractivity (Wildman–Crippen MR) is 579 cm³/mol. The van der Waals surface area contributed by atoms with Crippen LogP contribution in [0.1, 0.15) is 99.1 Å². The molecular formula is C107H97Cl4N31O4. The lowest BCUT2D eigenvalue weighted by Gasteiger charge is -2.21. The molecule has 39 heteroatoms. The maximum atomic E-state index is 13.6. The Morgan fingerprint density at radius 2 is 0.610 bits per heavy atom. The highest BCUT2D eigenvalue weighted by Gasteiger charge is 2.26. The summed E-state index contributed by atoms with van der Waals surface area (Å²) >= 11 is 25.4. The van der Waals surface area contributed by atoms with Crippen LogP contribution >= 0.6 is 46.4 Å². The largest absolute Gasteiger partial charge is 0.360 e. The fourth-order valence-corrected chi connectivity index (χ4v) is 18.0. The number of hydrogen-bond donors (Lipinski definition) is 6. The molecule has 0 amide bonds. The SMILES string of the molecule is C.C[C@H](N)c1cc2cccc(Cl)c2c(=O)n1-c1ccccc1.C[C@H](Nc1nccc2[nH]cnc12)c1cc2cccc(Cl)c2c(=O)n1-c1ccccc1.C[C@H](Nc1ncnc2c1ncn2C)c1cc2cccc(Cl)c2c(=O)n1-c1ccccc1.C[C@H](Nc1ncnc2c1ncn2C)c1cc2cccc(Cl)c2c(=O)n1-c1ccccc1.Cc1ncnc2c1ncn2C.Cc1ncnc2c1ncn2C.Cc1ncnc2nc[nH]c12. The van der Waals surface area contributed by atoms with Gasteiger partial charge in [-0.3, -0.25) is 37.4 Å². The minimum Gasteiger partial charge on any atom is -0.360 e. The van der Waals surface area contributed by atoms with Crippen molar-refractivity contribution in [2.45, 2.75) is 80.1 Å². The number of hydrogen-bond acceptors (Lipinski definition) is 25. The van der Waals surface area contributed by atoms with Gasteiger partial charge in [0, 0.05) is 86.0 Å². The highest BCUT2D eigenvalue weighted by Crippen LogP contribution is 2.35. The molecule has 24 rings (SSSR count). The molecule has 0 bridgehead atoms. The van der Waals surface area contributed by atoms with Crippen molar-refractivity contribution in [3.63, 3.8) is 0 Å². The Bertz CT molecular complexity index is 8840. The smallest absolute Gasteiger partial charge is 0.264 e. The molecule has 8 aromatic carbocycles. The summed E-state index contributed by atoms with van der Waals surface area (Å²) in [5.41, 5.74) is 24.1. The average Bonchev–Trinajstić information content (AvgIpc) is 1.10. The Kier molecular flexibility index (Phi) is 30.1. The van der Waals surface area contributed by atoms with Crippen LogP contribution in [0.5, 0.6) is 0 Å². The van der Waals surface area contributed by atoms with Crippen molar-refractivity contribution < 1.29 is 0 Å². The third kappa shape index (κ3) is 20.7. The average molecular weight is 2020 g/mol. The Morgan fingerprint density at radius 3 is 0.952 bits per heavy atom. The number of benzene rings is 8. The summed E-state index contributed by atoms with van der Waals surface area (Å²) in [7, 11) is 7.61. The normalized spacial score (nSPS) is 11.9. The van der Waals surface area contributed by atoms with Gasteiger partial charge >= 0.3 is 0 Å². The highest BCUT2D eigenvalue weighted by atomic mass is 35.5.